The Bertz CT molecular complexity index is 452. The van der Waals surface area contributed by atoms with Gasteiger partial charge in [0, 0.05) is 6.04 Å². The van der Waals surface area contributed by atoms with E-state index in [1.807, 2.05) is 33.8 Å². The summed E-state index contributed by atoms with van der Waals surface area (Å²) in [5.74, 6) is 1.18. The monoisotopic (exact) mass is 263 g/mol. The highest BCUT2D eigenvalue weighted by Crippen LogP contribution is 2.25. The molecule has 19 heavy (non-hydrogen) atoms. The Morgan fingerprint density at radius 1 is 1.16 bits per heavy atom. The third-order valence-electron chi connectivity index (χ3n) is 3.61. The quantitative estimate of drug-likeness (QED) is 0.886. The molecule has 0 aliphatic carbocycles. The molecule has 0 fully saturated rings. The molecular weight excluding hydrogens is 238 g/mol. The number of ether oxygens (including phenoxy) is 1. The molecule has 1 rings (SSSR count). The molecule has 1 N–H and O–H groups in total. The lowest BCUT2D eigenvalue weighted by Gasteiger charge is -2.18. The molecule has 1 aromatic carbocycles. The first kappa shape index (κ1) is 15.5. The van der Waals surface area contributed by atoms with Gasteiger partial charge in [-0.2, -0.15) is 0 Å². The first-order chi connectivity index (χ1) is 8.82. The fourth-order valence-corrected chi connectivity index (χ4v) is 1.75. The summed E-state index contributed by atoms with van der Waals surface area (Å²) in [5.41, 5.74) is 3.34. The van der Waals surface area contributed by atoms with Crippen LogP contribution in [-0.4, -0.2) is 18.6 Å². The highest BCUT2D eigenvalue weighted by molar-refractivity contribution is 5.77. The Kier molecular flexibility index (Phi) is 5.40. The highest BCUT2D eigenvalue weighted by atomic mass is 16.5. The fourth-order valence-electron chi connectivity index (χ4n) is 1.75. The van der Waals surface area contributed by atoms with E-state index in [4.69, 9.17) is 4.74 Å². The van der Waals surface area contributed by atoms with Crippen molar-refractivity contribution in [3.8, 4) is 5.75 Å². The maximum atomic E-state index is 11.8. The lowest BCUT2D eigenvalue weighted by atomic mass is 10.1. The summed E-state index contributed by atoms with van der Waals surface area (Å²) in [5, 5.41) is 2.94. The van der Waals surface area contributed by atoms with Gasteiger partial charge in [-0.1, -0.05) is 26.0 Å². The van der Waals surface area contributed by atoms with Gasteiger partial charge < -0.3 is 10.1 Å². The van der Waals surface area contributed by atoms with Crippen LogP contribution in [0.5, 0.6) is 5.75 Å². The molecule has 1 aromatic rings. The van der Waals surface area contributed by atoms with Gasteiger partial charge in [-0.25, -0.2) is 0 Å². The second-order valence-electron chi connectivity index (χ2n) is 5.54. The minimum atomic E-state index is -0.0680. The van der Waals surface area contributed by atoms with Crippen LogP contribution in [0.1, 0.15) is 37.5 Å². The number of nitrogens with one attached hydrogen (secondary N) is 1. The van der Waals surface area contributed by atoms with Crippen molar-refractivity contribution in [2.75, 3.05) is 6.61 Å². The molecule has 0 heterocycles. The summed E-state index contributed by atoms with van der Waals surface area (Å²) in [6.07, 6.45) is 0. The van der Waals surface area contributed by atoms with E-state index in [0.717, 1.165) is 16.9 Å². The number of aryl methyl sites for hydroxylation is 2. The summed E-state index contributed by atoms with van der Waals surface area (Å²) >= 11 is 0. The molecule has 1 atom stereocenters. The first-order valence-corrected chi connectivity index (χ1v) is 6.82. The number of rotatable bonds is 5. The van der Waals surface area contributed by atoms with Crippen LogP contribution in [0.15, 0.2) is 12.1 Å². The maximum absolute atomic E-state index is 11.8. The molecule has 0 spiro atoms. The number of hydrogen-bond acceptors (Lipinski definition) is 2. The van der Waals surface area contributed by atoms with E-state index in [1.165, 1.54) is 5.56 Å². The molecule has 0 bridgehead atoms. The van der Waals surface area contributed by atoms with Crippen molar-refractivity contribution in [1.82, 2.24) is 5.32 Å². The Morgan fingerprint density at radius 2 is 1.74 bits per heavy atom. The van der Waals surface area contributed by atoms with E-state index < -0.39 is 0 Å². The largest absolute Gasteiger partial charge is 0.483 e. The molecule has 1 unspecified atom stereocenters. The van der Waals surface area contributed by atoms with Crippen molar-refractivity contribution in [1.29, 1.82) is 0 Å². The SMILES string of the molecule is Cc1ccc(C)c(OCC(=O)NC(C)C(C)C)c1C. The Hall–Kier alpha value is -1.51. The van der Waals surface area contributed by atoms with Crippen molar-refractivity contribution in [2.45, 2.75) is 47.6 Å². The number of hydrogen-bond donors (Lipinski definition) is 1. The molecule has 0 radical (unpaired) electrons. The molecule has 0 aliphatic rings. The lowest BCUT2D eigenvalue weighted by molar-refractivity contribution is -0.124. The van der Waals surface area contributed by atoms with Crippen LogP contribution in [0.25, 0.3) is 0 Å². The molecular formula is C16H25NO2. The maximum Gasteiger partial charge on any atom is 0.258 e. The van der Waals surface area contributed by atoms with Gasteiger partial charge in [0.25, 0.3) is 5.91 Å². The number of benzene rings is 1. The minimum absolute atomic E-state index is 0.0680. The average molecular weight is 263 g/mol. The van der Waals surface area contributed by atoms with Crippen LogP contribution in [0.3, 0.4) is 0 Å². The van der Waals surface area contributed by atoms with Gasteiger partial charge in [0.15, 0.2) is 6.61 Å². The van der Waals surface area contributed by atoms with Gasteiger partial charge in [-0.15, -0.1) is 0 Å². The standard InChI is InChI=1S/C16H25NO2/c1-10(2)14(6)17-15(18)9-19-16-12(4)8-7-11(3)13(16)5/h7-8,10,14H,9H2,1-6H3,(H,17,18). The third-order valence-corrected chi connectivity index (χ3v) is 3.61. The van der Waals surface area contributed by atoms with Crippen molar-refractivity contribution in [3.05, 3.63) is 28.8 Å². The van der Waals surface area contributed by atoms with E-state index in [-0.39, 0.29) is 18.6 Å². The molecule has 0 saturated carbocycles. The van der Waals surface area contributed by atoms with E-state index in [2.05, 4.69) is 25.2 Å². The zero-order valence-electron chi connectivity index (χ0n) is 12.8. The third kappa shape index (κ3) is 4.27. The Labute approximate surface area is 116 Å². The van der Waals surface area contributed by atoms with Crippen LogP contribution >= 0.6 is 0 Å². The van der Waals surface area contributed by atoms with Crippen molar-refractivity contribution < 1.29 is 9.53 Å². The van der Waals surface area contributed by atoms with E-state index in [9.17, 15) is 4.79 Å². The zero-order chi connectivity index (χ0) is 14.6. The zero-order valence-corrected chi connectivity index (χ0v) is 12.8. The molecule has 1 amide bonds. The van der Waals surface area contributed by atoms with Crippen molar-refractivity contribution >= 4 is 5.91 Å². The minimum Gasteiger partial charge on any atom is -0.483 e. The van der Waals surface area contributed by atoms with Gasteiger partial charge in [-0.3, -0.25) is 4.79 Å². The van der Waals surface area contributed by atoms with Crippen LogP contribution < -0.4 is 10.1 Å². The first-order valence-electron chi connectivity index (χ1n) is 6.82. The van der Waals surface area contributed by atoms with Gasteiger partial charge in [0.05, 0.1) is 0 Å². The normalized spacial score (nSPS) is 12.4. The smallest absolute Gasteiger partial charge is 0.258 e. The predicted octanol–water partition coefficient (Wildman–Crippen LogP) is 3.15. The summed E-state index contributed by atoms with van der Waals surface area (Å²) in [6.45, 7) is 12.3. The van der Waals surface area contributed by atoms with E-state index in [0.29, 0.717) is 5.92 Å². The van der Waals surface area contributed by atoms with Crippen molar-refractivity contribution in [2.24, 2.45) is 5.92 Å². The van der Waals surface area contributed by atoms with Crippen LogP contribution in [0, 0.1) is 26.7 Å². The second-order valence-corrected chi connectivity index (χ2v) is 5.54. The van der Waals surface area contributed by atoms with Crippen molar-refractivity contribution in [3.63, 3.8) is 0 Å². The van der Waals surface area contributed by atoms with E-state index >= 15 is 0 Å². The molecule has 0 saturated heterocycles. The van der Waals surface area contributed by atoms with Gasteiger partial charge in [0.2, 0.25) is 0 Å². The van der Waals surface area contributed by atoms with Gasteiger partial charge in [-0.05, 0) is 50.3 Å². The summed E-state index contributed by atoms with van der Waals surface area (Å²) in [4.78, 5) is 11.8. The van der Waals surface area contributed by atoms with Crippen LogP contribution in [0.4, 0.5) is 0 Å². The Balaban J connectivity index is 2.63. The molecule has 106 valence electrons. The fraction of sp³-hybridized carbons (Fsp3) is 0.562. The topological polar surface area (TPSA) is 38.3 Å². The van der Waals surface area contributed by atoms with Crippen LogP contribution in [0.2, 0.25) is 0 Å². The van der Waals surface area contributed by atoms with E-state index in [1.54, 1.807) is 0 Å². The predicted molar refractivity (Wildman–Crippen MR) is 78.6 cm³/mol. The number of carbonyl (C=O) groups is 1. The summed E-state index contributed by atoms with van der Waals surface area (Å²) in [7, 11) is 0. The Morgan fingerprint density at radius 3 is 2.32 bits per heavy atom. The molecule has 0 aromatic heterocycles. The lowest BCUT2D eigenvalue weighted by Crippen LogP contribution is -2.39. The number of carbonyl (C=O) groups excluding carboxylic acids is 1. The molecule has 0 aliphatic heterocycles. The highest BCUT2D eigenvalue weighted by Gasteiger charge is 2.13. The molecule has 3 nitrogen and oxygen atoms in total. The van der Waals surface area contributed by atoms with Gasteiger partial charge >= 0.3 is 0 Å². The average Bonchev–Trinajstić information content (AvgIpc) is 2.33. The summed E-state index contributed by atoms with van der Waals surface area (Å²) in [6, 6.07) is 4.25. The van der Waals surface area contributed by atoms with Crippen LogP contribution in [-0.2, 0) is 4.79 Å². The van der Waals surface area contributed by atoms with Gasteiger partial charge in [0.1, 0.15) is 5.75 Å². The molecule has 3 heteroatoms. The summed E-state index contributed by atoms with van der Waals surface area (Å²) < 4.78 is 5.68. The number of amides is 1. The second kappa shape index (κ2) is 6.60.